The first-order valence-electron chi connectivity index (χ1n) is 10.5. The summed E-state index contributed by atoms with van der Waals surface area (Å²) >= 11 is 0. The zero-order chi connectivity index (χ0) is 21.8. The van der Waals surface area contributed by atoms with E-state index in [1.165, 1.54) is 24.3 Å². The second-order valence-electron chi connectivity index (χ2n) is 7.93. The minimum atomic E-state index is -0.394. The van der Waals surface area contributed by atoms with Crippen LogP contribution < -0.4 is 10.6 Å². The maximum absolute atomic E-state index is 13.1. The number of nitrogens with zero attached hydrogens (tertiary/aromatic N) is 2. The molecule has 31 heavy (non-hydrogen) atoms. The second kappa shape index (κ2) is 9.26. The fourth-order valence-corrected chi connectivity index (χ4v) is 3.63. The van der Waals surface area contributed by atoms with E-state index in [1.807, 2.05) is 9.80 Å². The number of para-hydroxylation sites is 1. The molecule has 0 aromatic heterocycles. The first-order chi connectivity index (χ1) is 15.0. The van der Waals surface area contributed by atoms with Gasteiger partial charge in [-0.15, -0.1) is 0 Å². The fourth-order valence-electron chi connectivity index (χ4n) is 3.63. The van der Waals surface area contributed by atoms with Crippen molar-refractivity contribution in [3.63, 3.8) is 0 Å². The van der Waals surface area contributed by atoms with Crippen LogP contribution in [0.4, 0.5) is 15.8 Å². The number of benzene rings is 2. The van der Waals surface area contributed by atoms with Crippen LogP contribution in [-0.2, 0) is 9.59 Å². The van der Waals surface area contributed by atoms with E-state index in [-0.39, 0.29) is 30.1 Å². The van der Waals surface area contributed by atoms with Crippen LogP contribution in [0.5, 0.6) is 0 Å². The van der Waals surface area contributed by atoms with E-state index in [0.29, 0.717) is 43.1 Å². The number of halogens is 1. The largest absolute Gasteiger partial charge is 0.340 e. The van der Waals surface area contributed by atoms with Crippen molar-refractivity contribution >= 4 is 29.1 Å². The summed E-state index contributed by atoms with van der Waals surface area (Å²) in [5.74, 6) is -0.542. The van der Waals surface area contributed by atoms with Gasteiger partial charge in [-0.05, 0) is 49.2 Å². The van der Waals surface area contributed by atoms with Crippen molar-refractivity contribution in [1.29, 1.82) is 0 Å². The molecule has 4 rings (SSSR count). The molecular formula is C23H25FN4O3. The number of carbonyl (C=O) groups is 3. The summed E-state index contributed by atoms with van der Waals surface area (Å²) in [6, 6.07) is 12.2. The van der Waals surface area contributed by atoms with Gasteiger partial charge in [0, 0.05) is 37.8 Å². The Balaban J connectivity index is 1.32. The van der Waals surface area contributed by atoms with Crippen molar-refractivity contribution in [2.75, 3.05) is 43.4 Å². The quantitative estimate of drug-likeness (QED) is 0.747. The molecule has 2 aromatic rings. The highest BCUT2D eigenvalue weighted by Gasteiger charge is 2.34. The number of rotatable bonds is 6. The van der Waals surface area contributed by atoms with Gasteiger partial charge in [-0.2, -0.15) is 0 Å². The van der Waals surface area contributed by atoms with E-state index in [1.54, 1.807) is 24.3 Å². The third-order valence-electron chi connectivity index (χ3n) is 5.53. The fraction of sp³-hybridized carbons (Fsp3) is 0.348. The number of hydrogen-bond acceptors (Lipinski definition) is 4. The summed E-state index contributed by atoms with van der Waals surface area (Å²) < 4.78 is 13.1. The van der Waals surface area contributed by atoms with Gasteiger partial charge in [-0.3, -0.25) is 19.3 Å². The number of amides is 3. The Bertz CT molecular complexity index is 967. The molecule has 3 amide bonds. The molecule has 1 saturated carbocycles. The molecule has 2 N–H and O–H groups in total. The van der Waals surface area contributed by atoms with Gasteiger partial charge in [0.15, 0.2) is 0 Å². The minimum absolute atomic E-state index is 0.194. The molecule has 0 radical (unpaired) electrons. The van der Waals surface area contributed by atoms with Crippen LogP contribution in [0.1, 0.15) is 23.2 Å². The minimum Gasteiger partial charge on any atom is -0.340 e. The number of nitrogens with one attached hydrogen (secondary N) is 2. The van der Waals surface area contributed by atoms with Crippen LogP contribution in [-0.4, -0.2) is 60.2 Å². The Hall–Kier alpha value is -3.26. The lowest BCUT2D eigenvalue weighted by Crippen LogP contribution is -2.50. The molecule has 0 atom stereocenters. The maximum atomic E-state index is 13.1. The second-order valence-corrected chi connectivity index (χ2v) is 7.93. The molecule has 2 fully saturated rings. The highest BCUT2D eigenvalue weighted by Crippen LogP contribution is 2.31. The molecule has 162 valence electrons. The molecule has 2 aliphatic rings. The molecule has 1 saturated heterocycles. The molecule has 7 nitrogen and oxygen atoms in total. The lowest BCUT2D eigenvalue weighted by molar-refractivity contribution is -0.134. The van der Waals surface area contributed by atoms with Crippen molar-refractivity contribution in [2.24, 2.45) is 5.92 Å². The molecule has 0 spiro atoms. The van der Waals surface area contributed by atoms with Crippen molar-refractivity contribution in [2.45, 2.75) is 12.8 Å². The van der Waals surface area contributed by atoms with Gasteiger partial charge >= 0.3 is 0 Å². The molecular weight excluding hydrogens is 399 g/mol. The first-order valence-corrected chi connectivity index (χ1v) is 10.5. The maximum Gasteiger partial charge on any atom is 0.257 e. The standard InChI is InChI=1S/C23H25FN4O3/c24-17-7-9-18(10-8-17)25-22(30)19-3-1-2-4-20(19)26-21(29)15-27-11-13-28(14-12-27)23(31)16-5-6-16/h1-4,7-10,16H,5-6,11-15H2,(H,25,30)(H,26,29). The van der Waals surface area contributed by atoms with Crippen LogP contribution in [0.3, 0.4) is 0 Å². The normalized spacial score (nSPS) is 16.6. The number of carbonyl (C=O) groups excluding carboxylic acids is 3. The molecule has 0 unspecified atom stereocenters. The molecule has 1 aliphatic heterocycles. The van der Waals surface area contributed by atoms with Crippen LogP contribution >= 0.6 is 0 Å². The first kappa shape index (κ1) is 21.0. The molecule has 1 aliphatic carbocycles. The summed E-state index contributed by atoms with van der Waals surface area (Å²) in [5.41, 5.74) is 1.20. The summed E-state index contributed by atoms with van der Waals surface area (Å²) in [5, 5.41) is 5.52. The Morgan fingerprint density at radius 1 is 0.903 bits per heavy atom. The van der Waals surface area contributed by atoms with Crippen molar-refractivity contribution < 1.29 is 18.8 Å². The van der Waals surface area contributed by atoms with Gasteiger partial charge in [0.1, 0.15) is 5.82 Å². The number of piperazine rings is 1. The summed E-state index contributed by atoms with van der Waals surface area (Å²) in [7, 11) is 0. The number of hydrogen-bond donors (Lipinski definition) is 2. The van der Waals surface area contributed by atoms with Crippen LogP contribution in [0.25, 0.3) is 0 Å². The van der Waals surface area contributed by atoms with Gasteiger partial charge < -0.3 is 15.5 Å². The van der Waals surface area contributed by atoms with Gasteiger partial charge in [0.05, 0.1) is 17.8 Å². The topological polar surface area (TPSA) is 81.8 Å². The van der Waals surface area contributed by atoms with E-state index in [9.17, 15) is 18.8 Å². The number of anilines is 2. The average molecular weight is 424 g/mol. The molecule has 0 bridgehead atoms. The Morgan fingerprint density at radius 2 is 1.58 bits per heavy atom. The SMILES string of the molecule is O=C(CN1CCN(C(=O)C2CC2)CC1)Nc1ccccc1C(=O)Nc1ccc(F)cc1. The summed E-state index contributed by atoms with van der Waals surface area (Å²) in [4.78, 5) is 41.3. The van der Waals surface area contributed by atoms with Crippen molar-refractivity contribution in [1.82, 2.24) is 9.80 Å². The monoisotopic (exact) mass is 424 g/mol. The Labute approximate surface area is 180 Å². The third-order valence-corrected chi connectivity index (χ3v) is 5.53. The average Bonchev–Trinajstić information content (AvgIpc) is 3.61. The van der Waals surface area contributed by atoms with Crippen LogP contribution in [0, 0.1) is 11.7 Å². The lowest BCUT2D eigenvalue weighted by atomic mass is 10.1. The molecule has 2 aromatic carbocycles. The molecule has 1 heterocycles. The molecule has 8 heteroatoms. The third kappa shape index (κ3) is 5.46. The highest BCUT2D eigenvalue weighted by molar-refractivity contribution is 6.10. The van der Waals surface area contributed by atoms with Gasteiger partial charge in [-0.1, -0.05) is 12.1 Å². The van der Waals surface area contributed by atoms with E-state index < -0.39 is 5.91 Å². The van der Waals surface area contributed by atoms with E-state index in [2.05, 4.69) is 10.6 Å². The predicted molar refractivity (Wildman–Crippen MR) is 115 cm³/mol. The van der Waals surface area contributed by atoms with Crippen molar-refractivity contribution in [3.05, 3.63) is 59.9 Å². The predicted octanol–water partition coefficient (Wildman–Crippen LogP) is 2.57. The Morgan fingerprint density at radius 3 is 2.26 bits per heavy atom. The highest BCUT2D eigenvalue weighted by atomic mass is 19.1. The zero-order valence-electron chi connectivity index (χ0n) is 17.1. The van der Waals surface area contributed by atoms with E-state index >= 15 is 0 Å². The van der Waals surface area contributed by atoms with Gasteiger partial charge in [-0.25, -0.2) is 4.39 Å². The van der Waals surface area contributed by atoms with Gasteiger partial charge in [0.2, 0.25) is 11.8 Å². The van der Waals surface area contributed by atoms with E-state index in [0.717, 1.165) is 12.8 Å². The smallest absolute Gasteiger partial charge is 0.257 e. The van der Waals surface area contributed by atoms with Crippen LogP contribution in [0.15, 0.2) is 48.5 Å². The van der Waals surface area contributed by atoms with Crippen LogP contribution in [0.2, 0.25) is 0 Å². The summed E-state index contributed by atoms with van der Waals surface area (Å²) in [6.07, 6.45) is 1.99. The zero-order valence-corrected chi connectivity index (χ0v) is 17.1. The van der Waals surface area contributed by atoms with E-state index in [4.69, 9.17) is 0 Å². The van der Waals surface area contributed by atoms with Gasteiger partial charge in [0.25, 0.3) is 5.91 Å². The summed E-state index contributed by atoms with van der Waals surface area (Å²) in [6.45, 7) is 2.77. The Kier molecular flexibility index (Phi) is 6.27. The van der Waals surface area contributed by atoms with Crippen molar-refractivity contribution in [3.8, 4) is 0 Å². The lowest BCUT2D eigenvalue weighted by Gasteiger charge is -2.34.